The molecule has 1 aliphatic rings. The Labute approximate surface area is 126 Å². The summed E-state index contributed by atoms with van der Waals surface area (Å²) >= 11 is 1.57. The lowest BCUT2D eigenvalue weighted by Crippen LogP contribution is -2.41. The molecule has 0 unspecified atom stereocenters. The average Bonchev–Trinajstić information content (AvgIpc) is 2.88. The van der Waals surface area contributed by atoms with Crippen LogP contribution in [-0.2, 0) is 9.59 Å². The summed E-state index contributed by atoms with van der Waals surface area (Å²) in [6.07, 6.45) is 0. The summed E-state index contributed by atoms with van der Waals surface area (Å²) in [7, 11) is 0. The van der Waals surface area contributed by atoms with Crippen LogP contribution < -0.4 is 9.64 Å². The molecule has 1 aliphatic heterocycles. The molecule has 0 radical (unpaired) electrons. The van der Waals surface area contributed by atoms with Gasteiger partial charge < -0.3 is 4.74 Å². The molecule has 0 fully saturated rings. The summed E-state index contributed by atoms with van der Waals surface area (Å²) in [5.74, 6) is 0.349. The maximum absolute atomic E-state index is 12.0. The quantitative estimate of drug-likeness (QED) is 0.873. The standard InChI is InChI=1S/C15H14N2O3S/c1-9(18)6-17-13-5-11(12-8-21-10(2)16-12)3-4-14(13)20-7-15(17)19/h3-5,8H,6-7H2,1-2H3. The number of rotatable bonds is 3. The van der Waals surface area contributed by atoms with Gasteiger partial charge in [0.05, 0.1) is 22.9 Å². The van der Waals surface area contributed by atoms with Gasteiger partial charge in [0.25, 0.3) is 5.91 Å². The van der Waals surface area contributed by atoms with Crippen molar-refractivity contribution in [3.05, 3.63) is 28.6 Å². The van der Waals surface area contributed by atoms with Gasteiger partial charge in [0, 0.05) is 10.9 Å². The van der Waals surface area contributed by atoms with Gasteiger partial charge in [-0.05, 0) is 32.0 Å². The fraction of sp³-hybridized carbons (Fsp3) is 0.267. The van der Waals surface area contributed by atoms with Crippen molar-refractivity contribution in [1.82, 2.24) is 4.98 Å². The van der Waals surface area contributed by atoms with E-state index in [1.165, 1.54) is 11.8 Å². The van der Waals surface area contributed by atoms with Crippen LogP contribution in [0.3, 0.4) is 0 Å². The highest BCUT2D eigenvalue weighted by Crippen LogP contribution is 2.36. The second kappa shape index (κ2) is 5.29. The van der Waals surface area contributed by atoms with Crippen LogP contribution in [0.5, 0.6) is 5.75 Å². The van der Waals surface area contributed by atoms with Crippen molar-refractivity contribution >= 4 is 28.7 Å². The van der Waals surface area contributed by atoms with E-state index in [2.05, 4.69) is 4.98 Å². The number of hydrogen-bond donors (Lipinski definition) is 0. The zero-order valence-electron chi connectivity index (χ0n) is 11.8. The monoisotopic (exact) mass is 302 g/mol. The minimum atomic E-state index is -0.204. The first-order valence-electron chi connectivity index (χ1n) is 6.54. The maximum Gasteiger partial charge on any atom is 0.265 e. The Hall–Kier alpha value is -2.21. The van der Waals surface area contributed by atoms with Crippen LogP contribution in [-0.4, -0.2) is 29.8 Å². The van der Waals surface area contributed by atoms with Crippen molar-refractivity contribution in [3.63, 3.8) is 0 Å². The average molecular weight is 302 g/mol. The molecular formula is C15H14N2O3S. The zero-order valence-corrected chi connectivity index (χ0v) is 12.6. The number of thiazole rings is 1. The number of fused-ring (bicyclic) bond motifs is 1. The molecule has 0 spiro atoms. The van der Waals surface area contributed by atoms with E-state index in [1.54, 1.807) is 11.3 Å². The van der Waals surface area contributed by atoms with Crippen LogP contribution in [0.2, 0.25) is 0 Å². The lowest BCUT2D eigenvalue weighted by Gasteiger charge is -2.28. The fourth-order valence-corrected chi connectivity index (χ4v) is 2.88. The molecule has 3 rings (SSSR count). The minimum Gasteiger partial charge on any atom is -0.482 e. The maximum atomic E-state index is 12.0. The number of carbonyl (C=O) groups excluding carboxylic acids is 2. The molecule has 108 valence electrons. The number of ketones is 1. The van der Waals surface area contributed by atoms with Crippen LogP contribution in [0.4, 0.5) is 5.69 Å². The molecule has 1 aromatic heterocycles. The lowest BCUT2D eigenvalue weighted by atomic mass is 10.1. The molecule has 0 atom stereocenters. The van der Waals surface area contributed by atoms with Crippen molar-refractivity contribution in [2.45, 2.75) is 13.8 Å². The first-order chi connectivity index (χ1) is 10.0. The van der Waals surface area contributed by atoms with Gasteiger partial charge in [-0.15, -0.1) is 11.3 Å². The van der Waals surface area contributed by atoms with Gasteiger partial charge in [-0.1, -0.05) is 0 Å². The molecule has 2 heterocycles. The highest BCUT2D eigenvalue weighted by atomic mass is 32.1. The predicted octanol–water partition coefficient (Wildman–Crippen LogP) is 2.43. The molecule has 0 N–H and O–H groups in total. The number of Topliss-reactive ketones (excluding diaryl/α,β-unsaturated/α-hetero) is 1. The number of benzene rings is 1. The summed E-state index contributed by atoms with van der Waals surface area (Å²) in [4.78, 5) is 29.3. The van der Waals surface area contributed by atoms with Crippen molar-refractivity contribution in [2.24, 2.45) is 0 Å². The Morgan fingerprint density at radius 1 is 1.48 bits per heavy atom. The van der Waals surface area contributed by atoms with E-state index in [1.807, 2.05) is 30.5 Å². The van der Waals surface area contributed by atoms with Gasteiger partial charge in [-0.2, -0.15) is 0 Å². The van der Waals surface area contributed by atoms with Crippen molar-refractivity contribution in [3.8, 4) is 17.0 Å². The van der Waals surface area contributed by atoms with Gasteiger partial charge in [0.15, 0.2) is 6.61 Å². The zero-order chi connectivity index (χ0) is 15.0. The number of ether oxygens (including phenoxy) is 1. The van der Waals surface area contributed by atoms with E-state index < -0.39 is 0 Å². The molecule has 1 amide bonds. The molecule has 0 saturated heterocycles. The van der Waals surface area contributed by atoms with Gasteiger partial charge in [-0.3, -0.25) is 14.5 Å². The van der Waals surface area contributed by atoms with Crippen molar-refractivity contribution in [2.75, 3.05) is 18.1 Å². The minimum absolute atomic E-state index is 0.0323. The Balaban J connectivity index is 2.04. The summed E-state index contributed by atoms with van der Waals surface area (Å²) in [6, 6.07) is 5.58. The molecule has 5 nitrogen and oxygen atoms in total. The molecule has 0 bridgehead atoms. The molecule has 0 aliphatic carbocycles. The SMILES string of the molecule is CC(=O)CN1C(=O)COc2ccc(-c3csc(C)n3)cc21. The highest BCUT2D eigenvalue weighted by molar-refractivity contribution is 7.09. The number of nitrogens with zero attached hydrogens (tertiary/aromatic N) is 2. The van der Waals surface area contributed by atoms with E-state index in [-0.39, 0.29) is 24.8 Å². The molecule has 21 heavy (non-hydrogen) atoms. The smallest absolute Gasteiger partial charge is 0.265 e. The second-order valence-electron chi connectivity index (χ2n) is 4.90. The van der Waals surface area contributed by atoms with E-state index >= 15 is 0 Å². The van der Waals surface area contributed by atoms with E-state index in [0.717, 1.165) is 16.3 Å². The van der Waals surface area contributed by atoms with Gasteiger partial charge >= 0.3 is 0 Å². The van der Waals surface area contributed by atoms with Gasteiger partial charge in [0.1, 0.15) is 11.5 Å². The summed E-state index contributed by atoms with van der Waals surface area (Å²) < 4.78 is 5.42. The number of carbonyl (C=O) groups is 2. The van der Waals surface area contributed by atoms with E-state index in [9.17, 15) is 9.59 Å². The second-order valence-corrected chi connectivity index (χ2v) is 5.97. The van der Waals surface area contributed by atoms with Gasteiger partial charge in [0.2, 0.25) is 0 Å². The molecule has 6 heteroatoms. The van der Waals surface area contributed by atoms with E-state index in [4.69, 9.17) is 4.74 Å². The van der Waals surface area contributed by atoms with Gasteiger partial charge in [-0.25, -0.2) is 4.98 Å². The number of hydrogen-bond acceptors (Lipinski definition) is 5. The molecule has 0 saturated carbocycles. The Morgan fingerprint density at radius 2 is 2.29 bits per heavy atom. The Morgan fingerprint density at radius 3 is 2.95 bits per heavy atom. The number of aromatic nitrogens is 1. The molecular weight excluding hydrogens is 288 g/mol. The third-order valence-electron chi connectivity index (χ3n) is 3.20. The Kier molecular flexibility index (Phi) is 3.47. The van der Waals surface area contributed by atoms with Crippen LogP contribution in [0, 0.1) is 6.92 Å². The number of aryl methyl sites for hydroxylation is 1. The van der Waals surface area contributed by atoms with Crippen LogP contribution in [0.25, 0.3) is 11.3 Å². The topological polar surface area (TPSA) is 59.5 Å². The van der Waals surface area contributed by atoms with Crippen LogP contribution in [0.1, 0.15) is 11.9 Å². The van der Waals surface area contributed by atoms with Crippen molar-refractivity contribution in [1.29, 1.82) is 0 Å². The molecule has 1 aromatic carbocycles. The third-order valence-corrected chi connectivity index (χ3v) is 3.97. The lowest BCUT2D eigenvalue weighted by molar-refractivity contribution is -0.123. The summed E-state index contributed by atoms with van der Waals surface area (Å²) in [5, 5.41) is 2.95. The first-order valence-corrected chi connectivity index (χ1v) is 7.41. The summed E-state index contributed by atoms with van der Waals surface area (Å²) in [6.45, 7) is 3.45. The number of anilines is 1. The third kappa shape index (κ3) is 2.67. The van der Waals surface area contributed by atoms with Crippen LogP contribution in [0.15, 0.2) is 23.6 Å². The molecule has 2 aromatic rings. The predicted molar refractivity (Wildman–Crippen MR) is 80.8 cm³/mol. The highest BCUT2D eigenvalue weighted by Gasteiger charge is 2.26. The number of amides is 1. The fourth-order valence-electron chi connectivity index (χ4n) is 2.25. The van der Waals surface area contributed by atoms with E-state index in [0.29, 0.717) is 11.4 Å². The first kappa shape index (κ1) is 13.8. The summed E-state index contributed by atoms with van der Waals surface area (Å²) in [5.41, 5.74) is 2.40. The van der Waals surface area contributed by atoms with Crippen LogP contribution >= 0.6 is 11.3 Å². The normalized spacial score (nSPS) is 13.8. The largest absolute Gasteiger partial charge is 0.482 e. The Bertz CT molecular complexity index is 723. The van der Waals surface area contributed by atoms with Crippen molar-refractivity contribution < 1.29 is 14.3 Å².